The van der Waals surface area contributed by atoms with E-state index in [1.807, 2.05) is 31.2 Å². The van der Waals surface area contributed by atoms with Crippen LogP contribution in [-0.2, 0) is 4.79 Å². The molecule has 1 aromatic heterocycles. The lowest BCUT2D eigenvalue weighted by Crippen LogP contribution is -2.56. The van der Waals surface area contributed by atoms with Gasteiger partial charge in [-0.25, -0.2) is 0 Å². The van der Waals surface area contributed by atoms with Gasteiger partial charge in [-0.1, -0.05) is 18.2 Å². The van der Waals surface area contributed by atoms with Crippen molar-refractivity contribution in [1.82, 2.24) is 14.8 Å². The van der Waals surface area contributed by atoms with Crippen LogP contribution in [0.3, 0.4) is 0 Å². The lowest BCUT2D eigenvalue weighted by atomic mass is 10.1. The van der Waals surface area contributed by atoms with Crippen LogP contribution in [0, 0.1) is 0 Å². The van der Waals surface area contributed by atoms with Crippen LogP contribution >= 0.6 is 0 Å². The first-order valence-corrected chi connectivity index (χ1v) is 8.02. The Bertz CT molecular complexity index is 786. The standard InChI is InChI=1S/C16H16N3O3.Al/c1-11-9-18(10-20)6-7-19(11)16(22)15(21)13-8-17-14-5-3-2-4-12(13)14;/h2-5,8,11,17H,6-7,9H2,1H3;/t11-;/m1./s1. The molecule has 1 aromatic carbocycles. The van der Waals surface area contributed by atoms with Gasteiger partial charge in [0.1, 0.15) is 0 Å². The number of ketones is 1. The molecule has 116 valence electrons. The first-order valence-electron chi connectivity index (χ1n) is 7.45. The number of carbonyl (C=O) groups is 3. The molecule has 6 nitrogen and oxygen atoms in total. The van der Waals surface area contributed by atoms with E-state index < -0.39 is 11.7 Å². The van der Waals surface area contributed by atoms with Crippen molar-refractivity contribution in [2.45, 2.75) is 13.0 Å². The monoisotopic (exact) mass is 325 g/mol. The summed E-state index contributed by atoms with van der Waals surface area (Å²) in [6.45, 7) is 3.10. The Kier molecular flexibility index (Phi) is 4.25. The number of fused-ring (bicyclic) bond motifs is 1. The van der Waals surface area contributed by atoms with Crippen LogP contribution in [0.25, 0.3) is 10.9 Å². The summed E-state index contributed by atoms with van der Waals surface area (Å²) in [4.78, 5) is 42.8. The van der Waals surface area contributed by atoms with Crippen LogP contribution in [-0.4, -0.2) is 73.2 Å². The van der Waals surface area contributed by atoms with Crippen molar-refractivity contribution in [3.8, 4) is 0 Å². The molecular formula is C16H16AlN3O3. The molecule has 23 heavy (non-hydrogen) atoms. The predicted molar refractivity (Wildman–Crippen MR) is 86.5 cm³/mol. The Hall–Kier alpha value is -2.10. The van der Waals surface area contributed by atoms with Gasteiger partial charge in [0.05, 0.1) is 10.3 Å². The molecule has 0 aliphatic carbocycles. The highest BCUT2D eigenvalue weighted by Gasteiger charge is 2.32. The second-order valence-electron chi connectivity index (χ2n) is 5.71. The van der Waals surface area contributed by atoms with Crippen molar-refractivity contribution in [3.05, 3.63) is 36.0 Å². The fraction of sp³-hybridized carbons (Fsp3) is 0.312. The number of H-pyrrole nitrogens is 1. The number of benzene rings is 1. The third-order valence-electron chi connectivity index (χ3n) is 4.23. The summed E-state index contributed by atoms with van der Waals surface area (Å²) >= 11 is 2.14. The number of rotatable bonds is 2. The normalized spacial score (nSPS) is 18.2. The number of amides is 2. The van der Waals surface area contributed by atoms with E-state index in [1.165, 1.54) is 0 Å². The summed E-state index contributed by atoms with van der Waals surface area (Å²) in [5, 5.41) is 0.747. The summed E-state index contributed by atoms with van der Waals surface area (Å²) in [6.07, 6.45) is 1.58. The second kappa shape index (κ2) is 6.19. The third-order valence-corrected chi connectivity index (χ3v) is 4.59. The Morgan fingerprint density at radius 3 is 2.65 bits per heavy atom. The number of hydrogen-bond acceptors (Lipinski definition) is 3. The molecule has 7 heteroatoms. The van der Waals surface area contributed by atoms with Crippen molar-refractivity contribution in [2.24, 2.45) is 0 Å². The Labute approximate surface area is 141 Å². The van der Waals surface area contributed by atoms with Crippen molar-refractivity contribution in [3.63, 3.8) is 0 Å². The zero-order valence-corrected chi connectivity index (χ0v) is 13.9. The number of para-hydroxylation sites is 1. The largest absolute Gasteiger partial charge is 0.360 e. The molecule has 1 aliphatic rings. The van der Waals surface area contributed by atoms with Gasteiger partial charge in [0.25, 0.3) is 28.0 Å². The number of Topliss-reactive ketones (excluding diaryl/α,β-unsaturated/α-hetero) is 1. The fourth-order valence-electron chi connectivity index (χ4n) is 2.96. The zero-order chi connectivity index (χ0) is 16.6. The van der Waals surface area contributed by atoms with Crippen molar-refractivity contribution in [2.75, 3.05) is 19.6 Å². The van der Waals surface area contributed by atoms with E-state index in [0.29, 0.717) is 25.2 Å². The lowest BCUT2D eigenvalue weighted by Gasteiger charge is -2.39. The number of aromatic amines is 1. The zero-order valence-electron chi connectivity index (χ0n) is 12.8. The summed E-state index contributed by atoms with van der Waals surface area (Å²) in [5.41, 5.74) is 1.22. The van der Waals surface area contributed by atoms with Crippen molar-refractivity contribution >= 4 is 43.7 Å². The number of nitrogens with one attached hydrogen (secondary N) is 1. The Morgan fingerprint density at radius 2 is 1.96 bits per heavy atom. The maximum atomic E-state index is 12.6. The minimum Gasteiger partial charge on any atom is -0.360 e. The van der Waals surface area contributed by atoms with E-state index in [1.54, 1.807) is 16.0 Å². The van der Waals surface area contributed by atoms with Crippen LogP contribution in [0.2, 0.25) is 0 Å². The van der Waals surface area contributed by atoms with Gasteiger partial charge in [-0.3, -0.25) is 9.59 Å². The van der Waals surface area contributed by atoms with Gasteiger partial charge in [0.15, 0.2) is 0 Å². The van der Waals surface area contributed by atoms with Crippen molar-refractivity contribution in [1.29, 1.82) is 0 Å². The summed E-state index contributed by atoms with van der Waals surface area (Å²) < 4.78 is -0.0908. The maximum Gasteiger partial charge on any atom is 0.295 e. The van der Waals surface area contributed by atoms with Gasteiger partial charge >= 0.3 is 0 Å². The Balaban J connectivity index is 1.80. The smallest absolute Gasteiger partial charge is 0.295 e. The average Bonchev–Trinajstić information content (AvgIpc) is 2.97. The topological polar surface area (TPSA) is 73.5 Å². The van der Waals surface area contributed by atoms with E-state index in [0.717, 1.165) is 10.9 Å². The van der Waals surface area contributed by atoms with E-state index in [4.69, 9.17) is 0 Å². The van der Waals surface area contributed by atoms with E-state index >= 15 is 0 Å². The minimum atomic E-state index is -0.516. The van der Waals surface area contributed by atoms with Crippen LogP contribution in [0.5, 0.6) is 0 Å². The lowest BCUT2D eigenvalue weighted by molar-refractivity contribution is -0.130. The van der Waals surface area contributed by atoms with Crippen LogP contribution in [0.4, 0.5) is 4.79 Å². The highest BCUT2D eigenvalue weighted by Crippen LogP contribution is 2.20. The number of aromatic nitrogens is 1. The molecule has 1 fully saturated rings. The van der Waals surface area contributed by atoms with E-state index in [-0.39, 0.29) is 10.8 Å². The maximum absolute atomic E-state index is 12.6. The van der Waals surface area contributed by atoms with Gasteiger partial charge in [-0.05, 0) is 13.0 Å². The fourth-order valence-corrected chi connectivity index (χ4v) is 3.20. The quantitative estimate of drug-likeness (QED) is 0.512. The summed E-state index contributed by atoms with van der Waals surface area (Å²) in [5.74, 6) is -1.03. The molecule has 2 amide bonds. The van der Waals surface area contributed by atoms with Gasteiger partial charge in [-0.15, -0.1) is 0 Å². The predicted octanol–water partition coefficient (Wildman–Crippen LogP) is 1.17. The van der Waals surface area contributed by atoms with Crippen molar-refractivity contribution < 1.29 is 14.4 Å². The molecule has 1 saturated heterocycles. The molecule has 0 bridgehead atoms. The Morgan fingerprint density at radius 1 is 1.22 bits per heavy atom. The highest BCUT2D eigenvalue weighted by molar-refractivity contribution is 6.56. The van der Waals surface area contributed by atoms with Gasteiger partial charge < -0.3 is 19.6 Å². The van der Waals surface area contributed by atoms with Gasteiger partial charge in [-0.2, -0.15) is 0 Å². The van der Waals surface area contributed by atoms with Crippen LogP contribution in [0.15, 0.2) is 30.5 Å². The first-order chi connectivity index (χ1) is 11.0. The number of carbonyl (C=O) groups excluding carboxylic acids is 3. The molecule has 1 atom stereocenters. The molecule has 2 heterocycles. The van der Waals surface area contributed by atoms with Crippen LogP contribution < -0.4 is 0 Å². The number of piperazine rings is 1. The molecular weight excluding hydrogens is 309 g/mol. The summed E-state index contributed by atoms with van der Waals surface area (Å²) in [6, 6.07) is 7.21. The molecule has 3 rings (SSSR count). The molecule has 2 radical (unpaired) electrons. The van der Waals surface area contributed by atoms with Crippen LogP contribution in [0.1, 0.15) is 17.3 Å². The molecule has 1 aliphatic heterocycles. The highest BCUT2D eigenvalue weighted by atomic mass is 27.0. The molecule has 0 saturated carbocycles. The SMILES string of the molecule is C[C@@H]1CN([C](=O)[Al])CCN1C(=O)C(=O)c1c[nH]c2ccccc12. The molecule has 0 spiro atoms. The summed E-state index contributed by atoms with van der Waals surface area (Å²) in [7, 11) is 0. The second-order valence-corrected chi connectivity index (χ2v) is 6.20. The number of nitrogens with zero attached hydrogens (tertiary/aromatic N) is 2. The molecule has 1 N–H and O–H groups in total. The van der Waals surface area contributed by atoms with E-state index in [2.05, 4.69) is 21.3 Å². The number of hydrogen-bond donors (Lipinski definition) is 1. The third kappa shape index (κ3) is 2.90. The van der Waals surface area contributed by atoms with Gasteiger partial charge in [0, 0.05) is 42.8 Å². The first kappa shape index (κ1) is 15.8. The van der Waals surface area contributed by atoms with E-state index in [9.17, 15) is 14.4 Å². The molecule has 2 aromatic rings. The molecule has 0 unspecified atom stereocenters. The van der Waals surface area contributed by atoms with Gasteiger partial charge in [0.2, 0.25) is 0 Å². The average molecular weight is 325 g/mol. The minimum absolute atomic E-state index is 0.0908.